The summed E-state index contributed by atoms with van der Waals surface area (Å²) in [4.78, 5) is 23.9. The Kier molecular flexibility index (Phi) is 10.4. The summed E-state index contributed by atoms with van der Waals surface area (Å²) in [7, 11) is 0. The Hall–Kier alpha value is -4.39. The summed E-state index contributed by atoms with van der Waals surface area (Å²) in [5.41, 5.74) is 3.92. The van der Waals surface area contributed by atoms with Gasteiger partial charge in [-0.05, 0) is 54.5 Å². The highest BCUT2D eigenvalue weighted by Crippen LogP contribution is 2.32. The number of esters is 1. The zero-order valence-corrected chi connectivity index (χ0v) is 24.3. The van der Waals surface area contributed by atoms with E-state index in [1.54, 1.807) is 0 Å². The monoisotopic (exact) mass is 565 g/mol. The smallest absolute Gasteiger partial charge is 0.306 e. The van der Waals surface area contributed by atoms with Gasteiger partial charge in [0.05, 0.1) is 6.61 Å². The van der Waals surface area contributed by atoms with Gasteiger partial charge in [-0.3, -0.25) is 4.79 Å². The molecule has 2 aromatic carbocycles. The van der Waals surface area contributed by atoms with E-state index in [0.717, 1.165) is 66.8 Å². The number of carbonyl (C=O) groups is 1. The van der Waals surface area contributed by atoms with Crippen molar-refractivity contribution in [1.29, 1.82) is 0 Å². The number of aromatic nitrogens is 2. The predicted octanol–water partition coefficient (Wildman–Crippen LogP) is 7.25. The minimum atomic E-state index is -0.0697. The highest BCUT2D eigenvalue weighted by molar-refractivity contribution is 5.70. The molecule has 3 heterocycles. The molecule has 1 aliphatic rings. The first-order valence-corrected chi connectivity index (χ1v) is 14.9. The number of ether oxygens (including phenoxy) is 3. The molecule has 0 radical (unpaired) electrons. The molecular weight excluding hydrogens is 526 g/mol. The van der Waals surface area contributed by atoms with Gasteiger partial charge in [-0.15, -0.1) is 0 Å². The molecule has 0 N–H and O–H groups in total. The number of unbranched alkanes of at least 4 members (excludes halogenated alkanes) is 1. The van der Waals surface area contributed by atoms with Gasteiger partial charge in [0.15, 0.2) is 0 Å². The van der Waals surface area contributed by atoms with Crippen molar-refractivity contribution < 1.29 is 19.0 Å². The third-order valence-electron chi connectivity index (χ3n) is 7.50. The van der Waals surface area contributed by atoms with Crippen LogP contribution in [0.25, 0.3) is 11.1 Å². The third-order valence-corrected chi connectivity index (χ3v) is 7.50. The summed E-state index contributed by atoms with van der Waals surface area (Å²) >= 11 is 0. The number of pyridine rings is 2. The summed E-state index contributed by atoms with van der Waals surface area (Å²) in [6.45, 7) is 5.20. The molecule has 5 rings (SSSR count). The number of rotatable bonds is 13. The standard InChI is InChI=1S/C35H39N3O4/c1-2-3-22-40-34(39)23-27-18-20-38(21-19-27)32-16-14-30(24-36-32)31-15-17-33(41-25-28-10-6-4-7-11-28)37-35(31)42-26-29-12-8-5-9-13-29/h4-17,24,27H,2-3,18-23,25-26H2,1H3. The molecule has 1 saturated heterocycles. The Balaban J connectivity index is 1.24. The van der Waals surface area contributed by atoms with E-state index in [1.165, 1.54) is 0 Å². The van der Waals surface area contributed by atoms with Gasteiger partial charge in [-0.25, -0.2) is 4.98 Å². The van der Waals surface area contributed by atoms with Crippen molar-refractivity contribution >= 4 is 11.8 Å². The number of hydrogen-bond donors (Lipinski definition) is 0. The second-order valence-electron chi connectivity index (χ2n) is 10.7. The van der Waals surface area contributed by atoms with Crippen LogP contribution < -0.4 is 14.4 Å². The van der Waals surface area contributed by atoms with Gasteiger partial charge in [0.25, 0.3) is 0 Å². The molecule has 0 spiro atoms. The van der Waals surface area contributed by atoms with Crippen molar-refractivity contribution in [2.45, 2.75) is 52.2 Å². The van der Waals surface area contributed by atoms with Crippen molar-refractivity contribution in [3.05, 3.63) is 102 Å². The van der Waals surface area contributed by atoms with Crippen molar-refractivity contribution in [3.63, 3.8) is 0 Å². The van der Waals surface area contributed by atoms with Crippen LogP contribution in [0, 0.1) is 5.92 Å². The minimum Gasteiger partial charge on any atom is -0.473 e. The van der Waals surface area contributed by atoms with Crippen molar-refractivity contribution in [2.24, 2.45) is 5.92 Å². The molecule has 0 atom stereocenters. The molecule has 2 aromatic heterocycles. The van der Waals surface area contributed by atoms with Crippen LogP contribution in [-0.2, 0) is 22.7 Å². The molecule has 218 valence electrons. The van der Waals surface area contributed by atoms with Gasteiger partial charge in [0, 0.05) is 42.9 Å². The van der Waals surface area contributed by atoms with Gasteiger partial charge in [-0.1, -0.05) is 74.0 Å². The first kappa shape index (κ1) is 29.1. The maximum Gasteiger partial charge on any atom is 0.306 e. The first-order chi connectivity index (χ1) is 20.7. The summed E-state index contributed by atoms with van der Waals surface area (Å²) in [5, 5.41) is 0. The number of piperidine rings is 1. The van der Waals surface area contributed by atoms with Crippen LogP contribution in [-0.4, -0.2) is 35.6 Å². The quantitative estimate of drug-likeness (QED) is 0.125. The van der Waals surface area contributed by atoms with Gasteiger partial charge in [0.2, 0.25) is 11.8 Å². The Labute approximate surface area is 248 Å². The van der Waals surface area contributed by atoms with E-state index in [0.29, 0.717) is 43.9 Å². The zero-order chi connectivity index (χ0) is 29.0. The number of benzene rings is 2. The van der Waals surface area contributed by atoms with E-state index in [-0.39, 0.29) is 5.97 Å². The lowest BCUT2D eigenvalue weighted by Gasteiger charge is -2.32. The highest BCUT2D eigenvalue weighted by atomic mass is 16.5. The lowest BCUT2D eigenvalue weighted by molar-refractivity contribution is -0.145. The molecule has 0 bridgehead atoms. The highest BCUT2D eigenvalue weighted by Gasteiger charge is 2.23. The van der Waals surface area contributed by atoms with Crippen LogP contribution in [0.3, 0.4) is 0 Å². The lowest BCUT2D eigenvalue weighted by atomic mass is 9.93. The SMILES string of the molecule is CCCCOC(=O)CC1CCN(c2ccc(-c3ccc(OCc4ccccc4)nc3OCc3ccccc3)cn2)CC1. The summed E-state index contributed by atoms with van der Waals surface area (Å²) in [6.07, 6.45) is 6.26. The van der Waals surface area contributed by atoms with Crippen molar-refractivity contribution in [3.8, 4) is 22.9 Å². The summed E-state index contributed by atoms with van der Waals surface area (Å²) in [5.74, 6) is 2.25. The summed E-state index contributed by atoms with van der Waals surface area (Å²) in [6, 6.07) is 28.1. The molecule has 0 amide bonds. The fourth-order valence-corrected chi connectivity index (χ4v) is 5.01. The molecule has 0 aliphatic carbocycles. The molecule has 1 fully saturated rings. The van der Waals surface area contributed by atoms with Crippen LogP contribution in [0.15, 0.2) is 91.1 Å². The maximum atomic E-state index is 12.1. The summed E-state index contributed by atoms with van der Waals surface area (Å²) < 4.78 is 17.6. The Morgan fingerprint density at radius 2 is 1.55 bits per heavy atom. The van der Waals surface area contributed by atoms with Crippen LogP contribution in [0.5, 0.6) is 11.8 Å². The van der Waals surface area contributed by atoms with E-state index < -0.39 is 0 Å². The van der Waals surface area contributed by atoms with Crippen LogP contribution in [0.1, 0.15) is 50.2 Å². The molecule has 4 aromatic rings. The maximum absolute atomic E-state index is 12.1. The first-order valence-electron chi connectivity index (χ1n) is 14.9. The number of nitrogens with zero attached hydrogens (tertiary/aromatic N) is 3. The predicted molar refractivity (Wildman–Crippen MR) is 164 cm³/mol. The second-order valence-corrected chi connectivity index (χ2v) is 10.7. The Morgan fingerprint density at radius 3 is 2.19 bits per heavy atom. The molecule has 42 heavy (non-hydrogen) atoms. The van der Waals surface area contributed by atoms with Gasteiger partial charge >= 0.3 is 5.97 Å². The average molecular weight is 566 g/mol. The van der Waals surface area contributed by atoms with Crippen LogP contribution >= 0.6 is 0 Å². The largest absolute Gasteiger partial charge is 0.473 e. The van der Waals surface area contributed by atoms with E-state index in [2.05, 4.69) is 24.0 Å². The van der Waals surface area contributed by atoms with Crippen LogP contribution in [0.4, 0.5) is 5.82 Å². The molecule has 0 saturated carbocycles. The van der Waals surface area contributed by atoms with Gasteiger partial charge < -0.3 is 19.1 Å². The van der Waals surface area contributed by atoms with Crippen LogP contribution in [0.2, 0.25) is 0 Å². The zero-order valence-electron chi connectivity index (χ0n) is 24.3. The Morgan fingerprint density at radius 1 is 0.857 bits per heavy atom. The van der Waals surface area contributed by atoms with Crippen molar-refractivity contribution in [2.75, 3.05) is 24.6 Å². The van der Waals surface area contributed by atoms with E-state index in [1.807, 2.05) is 79.0 Å². The topological polar surface area (TPSA) is 73.8 Å². The van der Waals surface area contributed by atoms with E-state index in [4.69, 9.17) is 24.2 Å². The lowest BCUT2D eigenvalue weighted by Crippen LogP contribution is -2.35. The number of carbonyl (C=O) groups excluding carboxylic acids is 1. The van der Waals surface area contributed by atoms with Gasteiger partial charge in [-0.2, -0.15) is 4.98 Å². The molecule has 1 aliphatic heterocycles. The number of hydrogen-bond acceptors (Lipinski definition) is 7. The van der Waals surface area contributed by atoms with E-state index in [9.17, 15) is 4.79 Å². The fraction of sp³-hybridized carbons (Fsp3) is 0.343. The molecule has 7 nitrogen and oxygen atoms in total. The normalized spacial score (nSPS) is 13.5. The third kappa shape index (κ3) is 8.32. The second kappa shape index (κ2) is 15.0. The Bertz CT molecular complexity index is 1390. The molecule has 7 heteroatoms. The number of anilines is 1. The average Bonchev–Trinajstić information content (AvgIpc) is 3.04. The molecule has 0 unspecified atom stereocenters. The van der Waals surface area contributed by atoms with Crippen molar-refractivity contribution in [1.82, 2.24) is 9.97 Å². The minimum absolute atomic E-state index is 0.0697. The fourth-order valence-electron chi connectivity index (χ4n) is 5.01. The molecular formula is C35H39N3O4. The van der Waals surface area contributed by atoms with E-state index >= 15 is 0 Å². The van der Waals surface area contributed by atoms with Gasteiger partial charge in [0.1, 0.15) is 19.0 Å².